The van der Waals surface area contributed by atoms with Crippen molar-refractivity contribution in [2.45, 2.75) is 45.3 Å². The van der Waals surface area contributed by atoms with E-state index in [0.29, 0.717) is 41.7 Å². The summed E-state index contributed by atoms with van der Waals surface area (Å²) in [4.78, 5) is 31.7. The topological polar surface area (TPSA) is 162 Å². The minimum Gasteiger partial charge on any atom is -0.442 e. The van der Waals surface area contributed by atoms with Crippen LogP contribution in [0.5, 0.6) is 0 Å². The van der Waals surface area contributed by atoms with Crippen LogP contribution in [0.4, 0.5) is 4.79 Å². The highest BCUT2D eigenvalue weighted by Gasteiger charge is 2.50. The molecule has 13 heteroatoms. The lowest BCUT2D eigenvalue weighted by Gasteiger charge is -2.27. The van der Waals surface area contributed by atoms with Crippen molar-refractivity contribution in [3.63, 3.8) is 0 Å². The SMILES string of the molecule is Cc1cc(C[N+]2=C3C=CC(S(=O)(=O)NC4(C#N)CC4)=CC3C(=O)N(Cc3cnc(C)o3)C2=O)on1. The summed E-state index contributed by atoms with van der Waals surface area (Å²) in [6, 6.07) is 3.04. The number of hydrogen-bond donors (Lipinski definition) is 1. The average Bonchev–Trinajstić information content (AvgIpc) is 3.26. The third-order valence-electron chi connectivity index (χ3n) is 5.95. The van der Waals surface area contributed by atoms with E-state index in [2.05, 4.69) is 14.9 Å². The number of rotatable bonds is 7. The standard InChI is InChI=1S/C22H21N6O6S/c1-13-7-15(34-25-13)10-27-19-4-3-17(35(31,32)26-22(12-23)5-6-22)8-18(19)20(29)28(21(27)30)11-16-9-24-14(2)33-16/h3-4,7-9,18,26H,5-6,10-11H2,1-2H3/q+1. The van der Waals surface area contributed by atoms with Crippen LogP contribution in [0.15, 0.2) is 44.3 Å². The van der Waals surface area contributed by atoms with Gasteiger partial charge in [0.1, 0.15) is 17.2 Å². The summed E-state index contributed by atoms with van der Waals surface area (Å²) in [6.45, 7) is 3.19. The molecule has 35 heavy (non-hydrogen) atoms. The molecular weight excluding hydrogens is 476 g/mol. The monoisotopic (exact) mass is 497 g/mol. The molecular formula is C22H21N6O6S+. The Bertz CT molecular complexity index is 1480. The molecule has 2 aromatic rings. The first kappa shape index (κ1) is 22.9. The maximum Gasteiger partial charge on any atom is 0.501 e. The summed E-state index contributed by atoms with van der Waals surface area (Å²) < 4.78 is 40.4. The smallest absolute Gasteiger partial charge is 0.442 e. The Morgan fingerprint density at radius 3 is 2.66 bits per heavy atom. The predicted octanol–water partition coefficient (Wildman–Crippen LogP) is 1.44. The van der Waals surface area contributed by atoms with E-state index in [9.17, 15) is 23.3 Å². The van der Waals surface area contributed by atoms with Crippen molar-refractivity contribution >= 4 is 27.7 Å². The number of carbonyl (C=O) groups excluding carboxylic acids is 2. The maximum atomic E-state index is 13.4. The van der Waals surface area contributed by atoms with Gasteiger partial charge in [0.15, 0.2) is 30.5 Å². The minimum atomic E-state index is -4.07. The van der Waals surface area contributed by atoms with Gasteiger partial charge in [-0.1, -0.05) is 5.16 Å². The lowest BCUT2D eigenvalue weighted by Crippen LogP contribution is -2.54. The molecule has 12 nitrogen and oxygen atoms in total. The van der Waals surface area contributed by atoms with Crippen molar-refractivity contribution in [2.24, 2.45) is 5.92 Å². The van der Waals surface area contributed by atoms with Gasteiger partial charge in [-0.05, 0) is 38.0 Å². The van der Waals surface area contributed by atoms with Gasteiger partial charge in [0.25, 0.3) is 0 Å². The fourth-order valence-corrected chi connectivity index (χ4v) is 5.44. The molecule has 3 aliphatic rings. The van der Waals surface area contributed by atoms with Crippen LogP contribution in [-0.2, 0) is 27.9 Å². The second kappa shape index (κ2) is 8.10. The van der Waals surface area contributed by atoms with Crippen molar-refractivity contribution in [2.75, 3.05) is 0 Å². The number of urea groups is 1. The molecule has 3 heterocycles. The summed E-state index contributed by atoms with van der Waals surface area (Å²) in [7, 11) is -4.07. The van der Waals surface area contributed by atoms with Crippen LogP contribution in [0.1, 0.15) is 35.9 Å². The summed E-state index contributed by atoms with van der Waals surface area (Å²) in [5, 5.41) is 13.1. The first-order valence-electron chi connectivity index (χ1n) is 10.8. The Hall–Kier alpha value is -3.89. The first-order chi connectivity index (χ1) is 16.6. The summed E-state index contributed by atoms with van der Waals surface area (Å²) >= 11 is 0. The number of hydrogen-bond acceptors (Lipinski definition) is 9. The van der Waals surface area contributed by atoms with Crippen molar-refractivity contribution in [3.05, 3.63) is 58.5 Å². The number of allylic oxidation sites excluding steroid dienone is 2. The third kappa shape index (κ3) is 4.22. The second-order valence-corrected chi connectivity index (χ2v) is 10.4. The molecule has 0 spiro atoms. The van der Waals surface area contributed by atoms with Crippen LogP contribution in [0.25, 0.3) is 0 Å². The molecule has 1 unspecified atom stereocenters. The number of aromatic nitrogens is 2. The molecule has 0 bridgehead atoms. The van der Waals surface area contributed by atoms with Gasteiger partial charge in [-0.25, -0.2) is 18.2 Å². The number of nitrogens with one attached hydrogen (secondary N) is 1. The van der Waals surface area contributed by atoms with Gasteiger partial charge in [0.05, 0.1) is 22.9 Å². The van der Waals surface area contributed by atoms with Gasteiger partial charge in [-0.2, -0.15) is 24.3 Å². The molecule has 2 aliphatic carbocycles. The van der Waals surface area contributed by atoms with E-state index in [-0.39, 0.29) is 18.0 Å². The zero-order valence-corrected chi connectivity index (χ0v) is 19.7. The second-order valence-electron chi connectivity index (χ2n) is 8.68. The molecule has 0 aromatic carbocycles. The summed E-state index contributed by atoms with van der Waals surface area (Å²) in [5.74, 6) is -0.589. The number of imide groups is 1. The molecule has 0 radical (unpaired) electrons. The molecule has 1 N–H and O–H groups in total. The van der Waals surface area contributed by atoms with E-state index in [4.69, 9.17) is 8.94 Å². The van der Waals surface area contributed by atoms with Crippen molar-refractivity contribution < 1.29 is 31.5 Å². The van der Waals surface area contributed by atoms with E-state index in [0.717, 1.165) is 4.90 Å². The quantitative estimate of drug-likeness (QED) is 0.558. The van der Waals surface area contributed by atoms with Gasteiger partial charge >= 0.3 is 11.9 Å². The van der Waals surface area contributed by atoms with E-state index in [1.54, 1.807) is 19.9 Å². The Balaban J connectivity index is 1.54. The largest absolute Gasteiger partial charge is 0.501 e. The third-order valence-corrected chi connectivity index (χ3v) is 7.50. The number of carbonyl (C=O) groups is 2. The normalized spacial score (nSPS) is 21.1. The Morgan fingerprint density at radius 1 is 1.29 bits per heavy atom. The highest BCUT2D eigenvalue weighted by atomic mass is 32.2. The Kier molecular flexibility index (Phi) is 5.30. The highest BCUT2D eigenvalue weighted by molar-refractivity contribution is 7.93. The number of oxazole rings is 1. The van der Waals surface area contributed by atoms with Crippen LogP contribution < -0.4 is 4.72 Å². The van der Waals surface area contributed by atoms with Crippen LogP contribution in [-0.4, -0.2) is 51.2 Å². The van der Waals surface area contributed by atoms with Crippen molar-refractivity contribution in [1.82, 2.24) is 19.8 Å². The van der Waals surface area contributed by atoms with Gasteiger partial charge in [0.2, 0.25) is 10.0 Å². The van der Waals surface area contributed by atoms with Gasteiger partial charge in [0, 0.05) is 13.0 Å². The molecule has 1 saturated carbocycles. The molecule has 5 rings (SSSR count). The molecule has 1 aliphatic heterocycles. The maximum absolute atomic E-state index is 13.4. The van der Waals surface area contributed by atoms with Crippen molar-refractivity contribution in [3.8, 4) is 6.07 Å². The molecule has 180 valence electrons. The van der Waals surface area contributed by atoms with Gasteiger partial charge < -0.3 is 8.94 Å². The average molecular weight is 498 g/mol. The molecule has 3 amide bonds. The number of fused-ring (bicyclic) bond motifs is 1. The number of nitriles is 1. The first-order valence-corrected chi connectivity index (χ1v) is 12.3. The number of sulfonamides is 1. The van der Waals surface area contributed by atoms with E-state index < -0.39 is 33.4 Å². The molecule has 1 atom stereocenters. The fourth-order valence-electron chi connectivity index (χ4n) is 3.99. The van der Waals surface area contributed by atoms with Crippen molar-refractivity contribution in [1.29, 1.82) is 5.26 Å². The zero-order valence-electron chi connectivity index (χ0n) is 18.9. The minimum absolute atomic E-state index is 0.0131. The Morgan fingerprint density at radius 2 is 2.06 bits per heavy atom. The number of aryl methyl sites for hydroxylation is 2. The molecule has 0 saturated heterocycles. The van der Waals surface area contributed by atoms with E-state index in [1.165, 1.54) is 29.0 Å². The lowest BCUT2D eigenvalue weighted by molar-refractivity contribution is -0.459. The predicted molar refractivity (Wildman–Crippen MR) is 118 cm³/mol. The highest BCUT2D eigenvalue weighted by Crippen LogP contribution is 2.36. The van der Waals surface area contributed by atoms with Gasteiger partial charge in [-0.15, -0.1) is 0 Å². The number of nitrogens with zero attached hydrogens (tertiary/aromatic N) is 5. The van der Waals surface area contributed by atoms with Crippen LogP contribution in [0, 0.1) is 31.1 Å². The molecule has 1 fully saturated rings. The zero-order chi connectivity index (χ0) is 25.0. The Labute approximate surface area is 200 Å². The molecule has 2 aromatic heterocycles. The lowest BCUT2D eigenvalue weighted by atomic mass is 9.94. The summed E-state index contributed by atoms with van der Waals surface area (Å²) in [6.07, 6.45) is 6.30. The van der Waals surface area contributed by atoms with Crippen LogP contribution in [0.3, 0.4) is 0 Å². The van der Waals surface area contributed by atoms with E-state index >= 15 is 0 Å². The van der Waals surface area contributed by atoms with Gasteiger partial charge in [-0.3, -0.25) is 0 Å². The number of amides is 3. The van der Waals surface area contributed by atoms with Crippen LogP contribution >= 0.6 is 0 Å². The van der Waals surface area contributed by atoms with E-state index in [1.807, 2.05) is 6.07 Å². The van der Waals surface area contributed by atoms with Crippen LogP contribution in [0.2, 0.25) is 0 Å². The summed E-state index contributed by atoms with van der Waals surface area (Å²) in [5.41, 5.74) is -0.184. The fraction of sp³-hybridized carbons (Fsp3) is 0.364.